The third-order valence-corrected chi connectivity index (χ3v) is 2.61. The van der Waals surface area contributed by atoms with E-state index in [1.165, 1.54) is 12.8 Å². The Morgan fingerprint density at radius 3 is 1.21 bits per heavy atom. The zero-order valence-corrected chi connectivity index (χ0v) is 12.7. The van der Waals surface area contributed by atoms with E-state index in [9.17, 15) is 0 Å². The molecule has 0 aliphatic rings. The van der Waals surface area contributed by atoms with Gasteiger partial charge in [-0.3, -0.25) is 0 Å². The van der Waals surface area contributed by atoms with Crippen LogP contribution < -0.4 is 0 Å². The summed E-state index contributed by atoms with van der Waals surface area (Å²) < 4.78 is 0. The van der Waals surface area contributed by atoms with Gasteiger partial charge in [-0.25, -0.2) is 0 Å². The highest BCUT2D eigenvalue weighted by Crippen LogP contribution is 1.96. The Labute approximate surface area is 120 Å². The van der Waals surface area contributed by atoms with Gasteiger partial charge < -0.3 is 0 Å². The van der Waals surface area contributed by atoms with Crippen molar-refractivity contribution < 1.29 is 0 Å². The highest BCUT2D eigenvalue weighted by molar-refractivity contribution is 5.00. The predicted molar refractivity (Wildman–Crippen MR) is 89.4 cm³/mol. The molecule has 0 rings (SSSR count). The summed E-state index contributed by atoms with van der Waals surface area (Å²) in [7, 11) is 0. The van der Waals surface area contributed by atoms with Crippen LogP contribution in [0.1, 0.15) is 58.8 Å². The minimum atomic E-state index is 1.05. The van der Waals surface area contributed by atoms with Gasteiger partial charge in [-0.1, -0.05) is 81.0 Å². The van der Waals surface area contributed by atoms with Crippen LogP contribution in [0.2, 0.25) is 0 Å². The van der Waals surface area contributed by atoms with Crippen molar-refractivity contribution in [3.63, 3.8) is 0 Å². The van der Waals surface area contributed by atoms with Crippen molar-refractivity contribution in [2.24, 2.45) is 0 Å². The van der Waals surface area contributed by atoms with Crippen LogP contribution in [0.3, 0.4) is 0 Å². The molecule has 0 saturated heterocycles. The molecule has 0 spiro atoms. The Hall–Kier alpha value is -1.30. The van der Waals surface area contributed by atoms with Crippen molar-refractivity contribution in [3.8, 4) is 0 Å². The topological polar surface area (TPSA) is 0 Å². The Bertz CT molecular complexity index is 300. The van der Waals surface area contributed by atoms with E-state index in [4.69, 9.17) is 0 Å². The maximum absolute atomic E-state index is 2.26. The Kier molecular flexibility index (Phi) is 15.6. The van der Waals surface area contributed by atoms with E-state index in [2.05, 4.69) is 74.6 Å². The minimum absolute atomic E-state index is 1.05. The Balaban J connectivity index is 3.43. The molecule has 106 valence electrons. The average molecular weight is 258 g/mol. The van der Waals surface area contributed by atoms with Crippen molar-refractivity contribution >= 4 is 0 Å². The highest BCUT2D eigenvalue weighted by Gasteiger charge is 1.75. The van der Waals surface area contributed by atoms with Gasteiger partial charge in [0.1, 0.15) is 0 Å². The first kappa shape index (κ1) is 17.7. The van der Waals surface area contributed by atoms with Gasteiger partial charge in [-0.05, 0) is 38.5 Å². The molecule has 0 aromatic carbocycles. The predicted octanol–water partition coefficient (Wildman–Crippen LogP) is 6.54. The van der Waals surface area contributed by atoms with Crippen LogP contribution in [0.15, 0.2) is 60.8 Å². The summed E-state index contributed by atoms with van der Waals surface area (Å²) in [6, 6.07) is 0. The summed E-state index contributed by atoms with van der Waals surface area (Å²) in [4.78, 5) is 0. The zero-order valence-electron chi connectivity index (χ0n) is 12.7. The molecule has 0 amide bonds. The third kappa shape index (κ3) is 16.7. The van der Waals surface area contributed by atoms with Crippen LogP contribution in [0.4, 0.5) is 0 Å². The second-order valence-electron chi connectivity index (χ2n) is 4.50. The molecule has 0 aliphatic heterocycles. The molecule has 0 heterocycles. The standard InChI is InChI=1S/C19H30/c1-3-5-7-9-11-13-15-17-19-18-16-14-12-10-8-6-4-2/h5,7-8,10-11,13-14,16-17,19H,3-4,6,9,12,15,18H2,1-2H3/b7-5+,10-8+,13-11+,16-14+,19-17+. The van der Waals surface area contributed by atoms with Crippen LogP contribution >= 0.6 is 0 Å². The molecule has 0 bridgehead atoms. The smallest absolute Gasteiger partial charge is 0.0169 e. The average Bonchev–Trinajstić information content (AvgIpc) is 2.43. The van der Waals surface area contributed by atoms with Crippen LogP contribution in [0.5, 0.6) is 0 Å². The second-order valence-corrected chi connectivity index (χ2v) is 4.50. The van der Waals surface area contributed by atoms with Gasteiger partial charge >= 0.3 is 0 Å². The van der Waals surface area contributed by atoms with Crippen molar-refractivity contribution in [2.75, 3.05) is 0 Å². The lowest BCUT2D eigenvalue weighted by Gasteiger charge is -1.85. The second kappa shape index (κ2) is 16.7. The Morgan fingerprint density at radius 2 is 0.842 bits per heavy atom. The molecule has 0 heteroatoms. The first-order chi connectivity index (χ1) is 9.41. The lowest BCUT2D eigenvalue weighted by molar-refractivity contribution is 0.954. The van der Waals surface area contributed by atoms with Gasteiger partial charge in [-0.15, -0.1) is 0 Å². The summed E-state index contributed by atoms with van der Waals surface area (Å²) in [5.74, 6) is 0. The van der Waals surface area contributed by atoms with Crippen LogP contribution in [0.25, 0.3) is 0 Å². The molecule has 0 aromatic rings. The molecule has 0 nitrogen and oxygen atoms in total. The molecule has 0 N–H and O–H groups in total. The molecule has 0 atom stereocenters. The molecule has 19 heavy (non-hydrogen) atoms. The maximum Gasteiger partial charge on any atom is -0.0169 e. The summed E-state index contributed by atoms with van der Waals surface area (Å²) in [6.07, 6.45) is 30.1. The SMILES string of the molecule is CC/C=C/C/C=C/C/C=C/C/C=C/C/C=C/CCC. The summed E-state index contributed by atoms with van der Waals surface area (Å²) in [6.45, 7) is 4.37. The number of hydrogen-bond donors (Lipinski definition) is 0. The molecule has 0 saturated carbocycles. The van der Waals surface area contributed by atoms with E-state index >= 15 is 0 Å². The lowest BCUT2D eigenvalue weighted by atomic mass is 10.2. The highest BCUT2D eigenvalue weighted by atomic mass is 13.8. The fraction of sp³-hybridized carbons (Fsp3) is 0.474. The summed E-state index contributed by atoms with van der Waals surface area (Å²) in [5, 5.41) is 0. The van der Waals surface area contributed by atoms with Crippen LogP contribution in [0, 0.1) is 0 Å². The number of hydrogen-bond acceptors (Lipinski definition) is 0. The van der Waals surface area contributed by atoms with E-state index in [-0.39, 0.29) is 0 Å². The fourth-order valence-corrected chi connectivity index (χ4v) is 1.54. The molecule has 0 fully saturated rings. The van der Waals surface area contributed by atoms with E-state index in [0.29, 0.717) is 0 Å². The zero-order chi connectivity index (χ0) is 14.0. The van der Waals surface area contributed by atoms with Crippen molar-refractivity contribution in [1.29, 1.82) is 0 Å². The molecule has 0 unspecified atom stereocenters. The molecule has 0 aliphatic carbocycles. The number of unbranched alkanes of at least 4 members (excludes halogenated alkanes) is 1. The van der Waals surface area contributed by atoms with Crippen LogP contribution in [-0.4, -0.2) is 0 Å². The quantitative estimate of drug-likeness (QED) is 0.369. The third-order valence-electron chi connectivity index (χ3n) is 2.61. The molecule has 0 aromatic heterocycles. The minimum Gasteiger partial charge on any atom is -0.0885 e. The normalized spacial score (nSPS) is 13.2. The van der Waals surface area contributed by atoms with Crippen molar-refractivity contribution in [3.05, 3.63) is 60.8 Å². The summed E-state index contributed by atoms with van der Waals surface area (Å²) in [5.41, 5.74) is 0. The maximum atomic E-state index is 2.26. The summed E-state index contributed by atoms with van der Waals surface area (Å²) >= 11 is 0. The molecular formula is C19H30. The fourth-order valence-electron chi connectivity index (χ4n) is 1.54. The van der Waals surface area contributed by atoms with Crippen molar-refractivity contribution in [1.82, 2.24) is 0 Å². The molecule has 0 radical (unpaired) electrons. The van der Waals surface area contributed by atoms with E-state index < -0.39 is 0 Å². The van der Waals surface area contributed by atoms with Gasteiger partial charge in [0.25, 0.3) is 0 Å². The van der Waals surface area contributed by atoms with Gasteiger partial charge in [0.05, 0.1) is 0 Å². The first-order valence-corrected chi connectivity index (χ1v) is 7.66. The van der Waals surface area contributed by atoms with E-state index in [0.717, 1.165) is 32.1 Å². The lowest BCUT2D eigenvalue weighted by Crippen LogP contribution is -1.64. The van der Waals surface area contributed by atoms with Gasteiger partial charge in [0.15, 0.2) is 0 Å². The van der Waals surface area contributed by atoms with E-state index in [1.807, 2.05) is 0 Å². The Morgan fingerprint density at radius 1 is 0.474 bits per heavy atom. The molecular weight excluding hydrogens is 228 g/mol. The first-order valence-electron chi connectivity index (χ1n) is 7.66. The van der Waals surface area contributed by atoms with Gasteiger partial charge in [0.2, 0.25) is 0 Å². The van der Waals surface area contributed by atoms with Gasteiger partial charge in [0, 0.05) is 0 Å². The van der Waals surface area contributed by atoms with Crippen molar-refractivity contribution in [2.45, 2.75) is 58.8 Å². The number of allylic oxidation sites excluding steroid dienone is 10. The van der Waals surface area contributed by atoms with E-state index in [1.54, 1.807) is 0 Å². The van der Waals surface area contributed by atoms with Gasteiger partial charge in [-0.2, -0.15) is 0 Å². The number of rotatable bonds is 11. The van der Waals surface area contributed by atoms with Crippen LogP contribution in [-0.2, 0) is 0 Å². The monoisotopic (exact) mass is 258 g/mol. The largest absolute Gasteiger partial charge is 0.0885 e.